The van der Waals surface area contributed by atoms with E-state index in [1.165, 1.54) is 4.88 Å². The molecule has 4 nitrogen and oxygen atoms in total. The zero-order valence-corrected chi connectivity index (χ0v) is 15.4. The van der Waals surface area contributed by atoms with Gasteiger partial charge in [0.15, 0.2) is 5.69 Å². The van der Waals surface area contributed by atoms with Crippen LogP contribution < -0.4 is 0 Å². The van der Waals surface area contributed by atoms with Crippen molar-refractivity contribution in [3.8, 4) is 10.6 Å². The van der Waals surface area contributed by atoms with Crippen LogP contribution in [-0.2, 0) is 0 Å². The van der Waals surface area contributed by atoms with E-state index >= 15 is 0 Å². The Bertz CT molecular complexity index is 917. The Morgan fingerprint density at radius 2 is 2.16 bits per heavy atom. The first-order valence-corrected chi connectivity index (χ1v) is 9.47. The van der Waals surface area contributed by atoms with E-state index in [1.54, 1.807) is 11.3 Å². The first-order chi connectivity index (χ1) is 12.1. The van der Waals surface area contributed by atoms with Gasteiger partial charge in [-0.05, 0) is 43.2 Å². The van der Waals surface area contributed by atoms with Gasteiger partial charge in [0, 0.05) is 28.9 Å². The van der Waals surface area contributed by atoms with Gasteiger partial charge in [-0.3, -0.25) is 9.89 Å². The van der Waals surface area contributed by atoms with Crippen molar-refractivity contribution in [3.63, 3.8) is 0 Å². The summed E-state index contributed by atoms with van der Waals surface area (Å²) in [7, 11) is 0. The van der Waals surface area contributed by atoms with E-state index in [2.05, 4.69) is 23.2 Å². The zero-order valence-electron chi connectivity index (χ0n) is 13.8. The number of rotatable bonds is 3. The Morgan fingerprint density at radius 1 is 1.32 bits per heavy atom. The van der Waals surface area contributed by atoms with Gasteiger partial charge in [-0.1, -0.05) is 29.8 Å². The number of carbonyl (C=O) groups is 1. The molecule has 25 heavy (non-hydrogen) atoms. The lowest BCUT2D eigenvalue weighted by Crippen LogP contribution is -2.28. The molecule has 0 saturated carbocycles. The molecule has 1 aliphatic rings. The summed E-state index contributed by atoms with van der Waals surface area (Å²) in [4.78, 5) is 17.0. The monoisotopic (exact) mass is 371 g/mol. The van der Waals surface area contributed by atoms with Crippen LogP contribution in [0.5, 0.6) is 0 Å². The maximum atomic E-state index is 12.8. The molecule has 1 aliphatic heterocycles. The number of carbonyl (C=O) groups excluding carboxylic acids is 1. The number of hydrogen-bond donors (Lipinski definition) is 1. The van der Waals surface area contributed by atoms with Crippen molar-refractivity contribution < 1.29 is 4.79 Å². The highest BCUT2D eigenvalue weighted by Gasteiger charge is 2.30. The molecule has 0 bridgehead atoms. The van der Waals surface area contributed by atoms with Gasteiger partial charge in [0.05, 0.1) is 10.6 Å². The summed E-state index contributed by atoms with van der Waals surface area (Å²) < 4.78 is 0. The number of amides is 1. The molecule has 1 N–H and O–H groups in total. The zero-order chi connectivity index (χ0) is 17.4. The molecule has 0 unspecified atom stereocenters. The number of hydrogen-bond acceptors (Lipinski definition) is 3. The fraction of sp³-hybridized carbons (Fsp3) is 0.263. The third kappa shape index (κ3) is 3.22. The Hall–Kier alpha value is -2.11. The van der Waals surface area contributed by atoms with Gasteiger partial charge in [-0.25, -0.2) is 0 Å². The highest BCUT2D eigenvalue weighted by atomic mass is 35.5. The van der Waals surface area contributed by atoms with Crippen molar-refractivity contribution in [1.29, 1.82) is 0 Å². The van der Waals surface area contributed by atoms with Crippen LogP contribution in [-0.4, -0.2) is 34.1 Å². The quantitative estimate of drug-likeness (QED) is 0.723. The molecule has 2 aromatic heterocycles. The summed E-state index contributed by atoms with van der Waals surface area (Å²) in [6.45, 7) is 3.48. The molecule has 6 heteroatoms. The van der Waals surface area contributed by atoms with Crippen LogP contribution in [0.2, 0.25) is 5.02 Å². The Labute approximate surface area is 155 Å². The molecular formula is C19H18ClN3OS. The fourth-order valence-electron chi connectivity index (χ4n) is 3.30. The Kier molecular flexibility index (Phi) is 4.36. The average molecular weight is 372 g/mol. The highest BCUT2D eigenvalue weighted by molar-refractivity contribution is 7.15. The molecule has 128 valence electrons. The molecule has 0 spiro atoms. The van der Waals surface area contributed by atoms with Gasteiger partial charge in [0.2, 0.25) is 0 Å². The molecule has 3 heterocycles. The minimum atomic E-state index is -0.0228. The fourth-order valence-corrected chi connectivity index (χ4v) is 4.43. The SMILES string of the molecule is Cc1ccc(-c2cc(C(=O)N3CC[C@H](c4ccccc4Cl)C3)n[nH]2)s1. The number of benzene rings is 1. The average Bonchev–Trinajstić information content (AvgIpc) is 3.35. The number of halogens is 1. The lowest BCUT2D eigenvalue weighted by atomic mass is 9.98. The molecule has 1 fully saturated rings. The summed E-state index contributed by atoms with van der Waals surface area (Å²) in [5.41, 5.74) is 2.49. The van der Waals surface area contributed by atoms with Crippen molar-refractivity contribution >= 4 is 28.8 Å². The van der Waals surface area contributed by atoms with Crippen LogP contribution in [0.15, 0.2) is 42.5 Å². The summed E-state index contributed by atoms with van der Waals surface area (Å²) in [6.07, 6.45) is 0.927. The molecule has 1 atom stereocenters. The number of nitrogens with one attached hydrogen (secondary N) is 1. The predicted octanol–water partition coefficient (Wildman–Crippen LogP) is 4.73. The predicted molar refractivity (Wildman–Crippen MR) is 101 cm³/mol. The van der Waals surface area contributed by atoms with Crippen molar-refractivity contribution in [2.75, 3.05) is 13.1 Å². The second kappa shape index (κ2) is 6.65. The lowest BCUT2D eigenvalue weighted by molar-refractivity contribution is 0.0785. The number of likely N-dealkylation sites (tertiary alicyclic amines) is 1. The largest absolute Gasteiger partial charge is 0.337 e. The minimum absolute atomic E-state index is 0.0228. The van der Waals surface area contributed by atoms with E-state index in [4.69, 9.17) is 11.6 Å². The maximum Gasteiger partial charge on any atom is 0.274 e. The number of aromatic amines is 1. The van der Waals surface area contributed by atoms with Crippen LogP contribution in [0.3, 0.4) is 0 Å². The maximum absolute atomic E-state index is 12.8. The van der Waals surface area contributed by atoms with Crippen LogP contribution in [0, 0.1) is 6.92 Å². The van der Waals surface area contributed by atoms with E-state index in [9.17, 15) is 4.79 Å². The number of H-pyrrole nitrogens is 1. The summed E-state index contributed by atoms with van der Waals surface area (Å²) in [5.74, 6) is 0.265. The van der Waals surface area contributed by atoms with Gasteiger partial charge in [0.25, 0.3) is 5.91 Å². The van der Waals surface area contributed by atoms with Crippen molar-refractivity contribution in [3.05, 3.63) is 63.6 Å². The molecule has 0 radical (unpaired) electrons. The smallest absolute Gasteiger partial charge is 0.274 e. The van der Waals surface area contributed by atoms with Gasteiger partial charge < -0.3 is 4.90 Å². The van der Waals surface area contributed by atoms with Gasteiger partial charge in [0.1, 0.15) is 0 Å². The number of thiophene rings is 1. The lowest BCUT2D eigenvalue weighted by Gasteiger charge is -2.16. The van der Waals surface area contributed by atoms with Crippen LogP contribution >= 0.6 is 22.9 Å². The standard InChI is InChI=1S/C19H18ClN3OS/c1-12-6-7-18(25-12)16-10-17(22-21-16)19(24)23-9-8-13(11-23)14-4-2-3-5-15(14)20/h2-7,10,13H,8-9,11H2,1H3,(H,21,22)/t13-/m0/s1. The second-order valence-electron chi connectivity index (χ2n) is 6.34. The number of aryl methyl sites for hydroxylation is 1. The molecule has 1 amide bonds. The second-order valence-corrected chi connectivity index (χ2v) is 8.03. The number of nitrogens with zero attached hydrogens (tertiary/aromatic N) is 2. The summed E-state index contributed by atoms with van der Waals surface area (Å²) >= 11 is 7.99. The Morgan fingerprint density at radius 3 is 2.92 bits per heavy atom. The van der Waals surface area contributed by atoms with E-state index in [0.29, 0.717) is 12.2 Å². The first kappa shape index (κ1) is 16.4. The van der Waals surface area contributed by atoms with Crippen molar-refractivity contribution in [2.24, 2.45) is 0 Å². The first-order valence-electron chi connectivity index (χ1n) is 8.28. The van der Waals surface area contributed by atoms with Gasteiger partial charge in [-0.2, -0.15) is 5.10 Å². The summed E-state index contributed by atoms with van der Waals surface area (Å²) in [5, 5.41) is 7.98. The van der Waals surface area contributed by atoms with E-state index in [1.807, 2.05) is 41.3 Å². The minimum Gasteiger partial charge on any atom is -0.337 e. The molecule has 0 aliphatic carbocycles. The van der Waals surface area contributed by atoms with Gasteiger partial charge >= 0.3 is 0 Å². The van der Waals surface area contributed by atoms with Crippen molar-refractivity contribution in [2.45, 2.75) is 19.3 Å². The van der Waals surface area contributed by atoms with Crippen LogP contribution in [0.25, 0.3) is 10.6 Å². The number of aromatic nitrogens is 2. The topological polar surface area (TPSA) is 49.0 Å². The molecule has 1 aromatic carbocycles. The third-order valence-electron chi connectivity index (χ3n) is 4.62. The molecule has 3 aromatic rings. The third-order valence-corrected chi connectivity index (χ3v) is 6.00. The van der Waals surface area contributed by atoms with Gasteiger partial charge in [-0.15, -0.1) is 11.3 Å². The van der Waals surface area contributed by atoms with E-state index < -0.39 is 0 Å². The molecular weight excluding hydrogens is 354 g/mol. The van der Waals surface area contributed by atoms with Crippen molar-refractivity contribution in [1.82, 2.24) is 15.1 Å². The van der Waals surface area contributed by atoms with Crippen LogP contribution in [0.1, 0.15) is 33.3 Å². The van der Waals surface area contributed by atoms with E-state index in [-0.39, 0.29) is 11.8 Å². The molecule has 1 saturated heterocycles. The highest BCUT2D eigenvalue weighted by Crippen LogP contribution is 2.33. The Balaban J connectivity index is 1.49. The normalized spacial score (nSPS) is 17.2. The van der Waals surface area contributed by atoms with E-state index in [0.717, 1.165) is 34.1 Å². The molecule has 4 rings (SSSR count). The van der Waals surface area contributed by atoms with Crippen LogP contribution in [0.4, 0.5) is 0 Å². The summed E-state index contributed by atoms with van der Waals surface area (Å²) in [6, 6.07) is 13.8.